The van der Waals surface area contributed by atoms with Crippen LogP contribution in [0.1, 0.15) is 49.5 Å². The van der Waals surface area contributed by atoms with Gasteiger partial charge in [-0.2, -0.15) is 5.10 Å². The standard InChI is InChI=1S/C20H28N4O2S/c1-4-12-21-20(27)24(13-5-2)18-17(19(25)26-6-3)15-23(22-18)14-16-10-8-7-9-11-16/h7-11,15H,4-6,12-14H2,1-3H3,(H,21,27). The van der Waals surface area contributed by atoms with Crippen LogP contribution in [0.4, 0.5) is 5.82 Å². The van der Waals surface area contributed by atoms with E-state index in [1.165, 1.54) is 0 Å². The van der Waals surface area contributed by atoms with E-state index in [4.69, 9.17) is 17.0 Å². The molecule has 0 radical (unpaired) electrons. The van der Waals surface area contributed by atoms with E-state index >= 15 is 0 Å². The van der Waals surface area contributed by atoms with Crippen LogP contribution in [0.15, 0.2) is 36.5 Å². The van der Waals surface area contributed by atoms with Gasteiger partial charge in [0, 0.05) is 19.3 Å². The number of esters is 1. The molecule has 0 amide bonds. The molecule has 7 heteroatoms. The monoisotopic (exact) mass is 388 g/mol. The van der Waals surface area contributed by atoms with E-state index in [1.807, 2.05) is 35.2 Å². The molecule has 0 fully saturated rings. The third kappa shape index (κ3) is 5.79. The summed E-state index contributed by atoms with van der Waals surface area (Å²) in [6, 6.07) is 10.0. The van der Waals surface area contributed by atoms with Crippen molar-refractivity contribution in [3.05, 3.63) is 47.7 Å². The minimum Gasteiger partial charge on any atom is -0.462 e. The molecular formula is C20H28N4O2S. The van der Waals surface area contributed by atoms with E-state index in [0.29, 0.717) is 36.2 Å². The molecule has 0 unspecified atom stereocenters. The van der Waals surface area contributed by atoms with Gasteiger partial charge in [0.25, 0.3) is 0 Å². The average Bonchev–Trinajstić information content (AvgIpc) is 3.08. The van der Waals surface area contributed by atoms with Crippen molar-refractivity contribution >= 4 is 29.1 Å². The molecule has 2 aromatic rings. The van der Waals surface area contributed by atoms with Crippen molar-refractivity contribution in [2.45, 2.75) is 40.2 Å². The minimum absolute atomic E-state index is 0.314. The lowest BCUT2D eigenvalue weighted by atomic mass is 10.2. The average molecular weight is 389 g/mol. The molecular weight excluding hydrogens is 360 g/mol. The van der Waals surface area contributed by atoms with Crippen LogP contribution in [0.2, 0.25) is 0 Å². The van der Waals surface area contributed by atoms with Crippen LogP contribution in [0, 0.1) is 0 Å². The molecule has 1 aromatic heterocycles. The van der Waals surface area contributed by atoms with E-state index in [-0.39, 0.29) is 5.97 Å². The first-order valence-electron chi connectivity index (χ1n) is 9.44. The van der Waals surface area contributed by atoms with Gasteiger partial charge in [0.15, 0.2) is 10.9 Å². The van der Waals surface area contributed by atoms with Gasteiger partial charge in [0.05, 0.1) is 13.2 Å². The molecule has 2 rings (SSSR count). The van der Waals surface area contributed by atoms with E-state index in [9.17, 15) is 4.79 Å². The Morgan fingerprint density at radius 2 is 1.96 bits per heavy atom. The van der Waals surface area contributed by atoms with Crippen LogP contribution in [-0.2, 0) is 11.3 Å². The summed E-state index contributed by atoms with van der Waals surface area (Å²) in [6.45, 7) is 8.28. The number of rotatable bonds is 9. The van der Waals surface area contributed by atoms with E-state index < -0.39 is 0 Å². The van der Waals surface area contributed by atoms with E-state index in [2.05, 4.69) is 24.3 Å². The highest BCUT2D eigenvalue weighted by atomic mass is 32.1. The van der Waals surface area contributed by atoms with Crippen LogP contribution in [-0.4, -0.2) is 40.6 Å². The molecule has 0 bridgehead atoms. The fraction of sp³-hybridized carbons (Fsp3) is 0.450. The van der Waals surface area contributed by atoms with Gasteiger partial charge < -0.3 is 15.0 Å². The van der Waals surface area contributed by atoms with Crippen molar-refractivity contribution in [1.82, 2.24) is 15.1 Å². The number of nitrogens with one attached hydrogen (secondary N) is 1. The molecule has 1 heterocycles. The number of anilines is 1. The molecule has 0 aliphatic carbocycles. The van der Waals surface area contributed by atoms with Crippen LogP contribution in [0.3, 0.4) is 0 Å². The predicted octanol–water partition coefficient (Wildman–Crippen LogP) is 3.61. The Morgan fingerprint density at radius 3 is 2.59 bits per heavy atom. The Morgan fingerprint density at radius 1 is 1.22 bits per heavy atom. The number of nitrogens with zero attached hydrogens (tertiary/aromatic N) is 3. The Bertz CT molecular complexity index is 746. The van der Waals surface area contributed by atoms with Gasteiger partial charge in [-0.25, -0.2) is 4.79 Å². The summed E-state index contributed by atoms with van der Waals surface area (Å²) in [7, 11) is 0. The molecule has 1 aromatic carbocycles. The van der Waals surface area contributed by atoms with Gasteiger partial charge in [0.1, 0.15) is 5.56 Å². The van der Waals surface area contributed by atoms with Crippen LogP contribution >= 0.6 is 12.2 Å². The van der Waals surface area contributed by atoms with Gasteiger partial charge in [-0.05, 0) is 37.5 Å². The maximum absolute atomic E-state index is 12.5. The maximum Gasteiger partial charge on any atom is 0.343 e. The SMILES string of the molecule is CCCNC(=S)N(CCC)c1nn(Cc2ccccc2)cc1C(=O)OCC. The second kappa shape index (κ2) is 10.7. The fourth-order valence-corrected chi connectivity index (χ4v) is 2.95. The fourth-order valence-electron chi connectivity index (χ4n) is 2.67. The number of benzene rings is 1. The van der Waals surface area contributed by atoms with Crippen molar-refractivity contribution in [3.8, 4) is 0 Å². The van der Waals surface area contributed by atoms with Gasteiger partial charge in [-0.15, -0.1) is 0 Å². The zero-order chi connectivity index (χ0) is 19.6. The topological polar surface area (TPSA) is 59.4 Å². The molecule has 0 saturated heterocycles. The lowest BCUT2D eigenvalue weighted by molar-refractivity contribution is 0.0527. The maximum atomic E-state index is 12.5. The first-order chi connectivity index (χ1) is 13.1. The summed E-state index contributed by atoms with van der Waals surface area (Å²) in [5.74, 6) is 0.158. The predicted molar refractivity (Wildman–Crippen MR) is 112 cm³/mol. The highest BCUT2D eigenvalue weighted by Crippen LogP contribution is 2.21. The van der Waals surface area contributed by atoms with Crippen molar-refractivity contribution < 1.29 is 9.53 Å². The quantitative estimate of drug-likeness (QED) is 0.523. The molecule has 146 valence electrons. The molecule has 0 aliphatic rings. The van der Waals surface area contributed by atoms with Crippen molar-refractivity contribution in [2.75, 3.05) is 24.6 Å². The van der Waals surface area contributed by atoms with Gasteiger partial charge >= 0.3 is 5.97 Å². The number of hydrogen-bond acceptors (Lipinski definition) is 4. The van der Waals surface area contributed by atoms with Crippen molar-refractivity contribution in [3.63, 3.8) is 0 Å². The molecule has 0 atom stereocenters. The Balaban J connectivity index is 2.37. The minimum atomic E-state index is -0.383. The van der Waals surface area contributed by atoms with Gasteiger partial charge in [-0.1, -0.05) is 44.2 Å². The van der Waals surface area contributed by atoms with Crippen LogP contribution in [0.25, 0.3) is 0 Å². The number of carbonyl (C=O) groups is 1. The van der Waals surface area contributed by atoms with Crippen LogP contribution in [0.5, 0.6) is 0 Å². The first kappa shape index (κ1) is 20.9. The summed E-state index contributed by atoms with van der Waals surface area (Å²) >= 11 is 5.55. The van der Waals surface area contributed by atoms with Crippen molar-refractivity contribution in [2.24, 2.45) is 0 Å². The molecule has 1 N–H and O–H groups in total. The zero-order valence-electron chi connectivity index (χ0n) is 16.3. The largest absolute Gasteiger partial charge is 0.462 e. The summed E-state index contributed by atoms with van der Waals surface area (Å²) in [5.41, 5.74) is 1.54. The number of thiocarbonyl (C=S) groups is 1. The van der Waals surface area contributed by atoms with Gasteiger partial charge in [-0.3, -0.25) is 4.68 Å². The Labute approximate surface area is 166 Å². The number of ether oxygens (including phenoxy) is 1. The number of hydrogen-bond donors (Lipinski definition) is 1. The Hall–Kier alpha value is -2.41. The van der Waals surface area contributed by atoms with E-state index in [0.717, 1.165) is 24.9 Å². The molecule has 0 aliphatic heterocycles. The zero-order valence-corrected chi connectivity index (χ0v) is 17.1. The highest BCUT2D eigenvalue weighted by molar-refractivity contribution is 7.80. The van der Waals surface area contributed by atoms with E-state index in [1.54, 1.807) is 17.8 Å². The normalized spacial score (nSPS) is 10.5. The molecule has 0 saturated carbocycles. The lowest BCUT2D eigenvalue weighted by Crippen LogP contribution is -2.41. The molecule has 0 spiro atoms. The number of carbonyl (C=O) groups excluding carboxylic acids is 1. The third-order valence-electron chi connectivity index (χ3n) is 3.90. The summed E-state index contributed by atoms with van der Waals surface area (Å²) < 4.78 is 7.00. The second-order valence-corrected chi connectivity index (χ2v) is 6.54. The smallest absolute Gasteiger partial charge is 0.343 e. The first-order valence-corrected chi connectivity index (χ1v) is 9.85. The summed E-state index contributed by atoms with van der Waals surface area (Å²) in [6.07, 6.45) is 3.58. The lowest BCUT2D eigenvalue weighted by Gasteiger charge is -2.24. The molecule has 27 heavy (non-hydrogen) atoms. The summed E-state index contributed by atoms with van der Waals surface area (Å²) in [4.78, 5) is 14.4. The number of aromatic nitrogens is 2. The highest BCUT2D eigenvalue weighted by Gasteiger charge is 2.24. The molecule has 6 nitrogen and oxygen atoms in total. The summed E-state index contributed by atoms with van der Waals surface area (Å²) in [5, 5.41) is 8.48. The van der Waals surface area contributed by atoms with Crippen LogP contribution < -0.4 is 10.2 Å². The van der Waals surface area contributed by atoms with Crippen molar-refractivity contribution in [1.29, 1.82) is 0 Å². The second-order valence-electron chi connectivity index (χ2n) is 6.15. The van der Waals surface area contributed by atoms with Gasteiger partial charge in [0.2, 0.25) is 0 Å². The third-order valence-corrected chi connectivity index (χ3v) is 4.26. The Kier molecular flexibility index (Phi) is 8.26.